The van der Waals surface area contributed by atoms with Gasteiger partial charge in [-0.1, -0.05) is 6.07 Å². The summed E-state index contributed by atoms with van der Waals surface area (Å²) < 4.78 is 5.04. The van der Waals surface area contributed by atoms with Gasteiger partial charge in [-0.3, -0.25) is 4.79 Å². The van der Waals surface area contributed by atoms with Crippen LogP contribution in [-0.2, 0) is 9.59 Å². The minimum absolute atomic E-state index is 0.210. The Bertz CT molecular complexity index is 540. The minimum atomic E-state index is -1.75. The molecule has 0 heterocycles. The molecule has 5 N–H and O–H groups in total. The number of carbonyl (C=O) groups is 2. The number of amides is 1. The third-order valence-electron chi connectivity index (χ3n) is 2.59. The van der Waals surface area contributed by atoms with Crippen LogP contribution in [0.4, 0.5) is 0 Å². The van der Waals surface area contributed by atoms with Gasteiger partial charge in [0.1, 0.15) is 11.9 Å². The largest absolute Gasteiger partial charge is 0.496 e. The number of aliphatic hydroxyl groups excluding tert-OH is 2. The number of aliphatic carboxylic acids is 1. The Morgan fingerprint density at radius 3 is 2.50 bits per heavy atom. The molecule has 0 aliphatic heterocycles. The molecule has 0 saturated heterocycles. The maximum Gasteiger partial charge on any atom is 0.328 e. The number of carboxylic acid groups (broad SMARTS) is 1. The average molecular weight is 281 g/mol. The topological polar surface area (TPSA) is 130 Å². The Balaban J connectivity index is 3.15. The van der Waals surface area contributed by atoms with Crippen LogP contribution in [0.2, 0.25) is 0 Å². The van der Waals surface area contributed by atoms with Gasteiger partial charge in [0.15, 0.2) is 6.10 Å². The van der Waals surface area contributed by atoms with Gasteiger partial charge in [0.2, 0.25) is 5.91 Å². The summed E-state index contributed by atoms with van der Waals surface area (Å²) in [5, 5.41) is 27.8. The van der Waals surface area contributed by atoms with Crippen molar-refractivity contribution in [1.29, 1.82) is 0 Å². The summed E-state index contributed by atoms with van der Waals surface area (Å²) in [6.07, 6.45) is -1.08. The maximum absolute atomic E-state index is 10.8. The van der Waals surface area contributed by atoms with Gasteiger partial charge >= 0.3 is 5.97 Å². The van der Waals surface area contributed by atoms with E-state index in [4.69, 9.17) is 15.6 Å². The minimum Gasteiger partial charge on any atom is -0.496 e. The van der Waals surface area contributed by atoms with Crippen LogP contribution in [-0.4, -0.2) is 40.4 Å². The molecule has 0 aromatic heterocycles. The molecular formula is C13H15NO6. The van der Waals surface area contributed by atoms with Crippen LogP contribution >= 0.6 is 0 Å². The fourth-order valence-corrected chi connectivity index (χ4v) is 1.57. The lowest BCUT2D eigenvalue weighted by Gasteiger charge is -2.16. The highest BCUT2D eigenvalue weighted by molar-refractivity contribution is 5.86. The lowest BCUT2D eigenvalue weighted by molar-refractivity contribution is -0.132. The van der Waals surface area contributed by atoms with Crippen LogP contribution in [0.1, 0.15) is 17.2 Å². The highest BCUT2D eigenvalue weighted by Crippen LogP contribution is 2.26. The van der Waals surface area contributed by atoms with E-state index in [9.17, 15) is 19.8 Å². The first kappa shape index (κ1) is 15.7. The van der Waals surface area contributed by atoms with Crippen molar-refractivity contribution in [2.45, 2.75) is 12.2 Å². The number of benzene rings is 1. The normalized spacial score (nSPS) is 13.9. The molecule has 0 radical (unpaired) electrons. The highest BCUT2D eigenvalue weighted by atomic mass is 16.5. The van der Waals surface area contributed by atoms with Crippen molar-refractivity contribution in [3.8, 4) is 5.75 Å². The van der Waals surface area contributed by atoms with Gasteiger partial charge in [-0.05, 0) is 23.8 Å². The molecule has 7 heteroatoms. The van der Waals surface area contributed by atoms with Gasteiger partial charge in [0.05, 0.1) is 7.11 Å². The summed E-state index contributed by atoms with van der Waals surface area (Å²) in [6, 6.07) is 4.32. The van der Waals surface area contributed by atoms with E-state index in [0.717, 1.165) is 6.08 Å². The second kappa shape index (κ2) is 6.69. The summed E-state index contributed by atoms with van der Waals surface area (Å²) in [6.45, 7) is 0. The van der Waals surface area contributed by atoms with Gasteiger partial charge in [-0.2, -0.15) is 0 Å². The monoisotopic (exact) mass is 281 g/mol. The molecular weight excluding hydrogens is 266 g/mol. The number of ether oxygens (including phenoxy) is 1. The fourth-order valence-electron chi connectivity index (χ4n) is 1.57. The quantitative estimate of drug-likeness (QED) is 0.528. The van der Waals surface area contributed by atoms with Crippen molar-refractivity contribution in [2.24, 2.45) is 5.73 Å². The van der Waals surface area contributed by atoms with E-state index in [1.807, 2.05) is 0 Å². The SMILES string of the molecule is COc1ccc(C(O)C(O)C(N)=O)cc1/C=C/C(=O)O. The van der Waals surface area contributed by atoms with Gasteiger partial charge in [0.25, 0.3) is 0 Å². The predicted octanol–water partition coefficient (Wildman–Crippen LogP) is -0.327. The number of hydrogen-bond donors (Lipinski definition) is 4. The van der Waals surface area contributed by atoms with E-state index in [1.165, 1.54) is 31.4 Å². The molecule has 20 heavy (non-hydrogen) atoms. The molecule has 1 rings (SSSR count). The molecule has 0 fully saturated rings. The van der Waals surface area contributed by atoms with Crippen molar-refractivity contribution >= 4 is 18.0 Å². The van der Waals surface area contributed by atoms with Crippen LogP contribution in [0.5, 0.6) is 5.75 Å². The maximum atomic E-state index is 10.8. The molecule has 0 aliphatic rings. The van der Waals surface area contributed by atoms with Crippen LogP contribution in [0.25, 0.3) is 6.08 Å². The van der Waals surface area contributed by atoms with E-state index in [1.54, 1.807) is 0 Å². The number of nitrogens with two attached hydrogens (primary N) is 1. The first-order valence-electron chi connectivity index (χ1n) is 5.61. The number of carboxylic acids is 1. The zero-order chi connectivity index (χ0) is 15.3. The Kier molecular flexibility index (Phi) is 5.24. The van der Waals surface area contributed by atoms with Crippen molar-refractivity contribution in [1.82, 2.24) is 0 Å². The molecule has 0 aliphatic carbocycles. The van der Waals surface area contributed by atoms with E-state index in [-0.39, 0.29) is 5.56 Å². The highest BCUT2D eigenvalue weighted by Gasteiger charge is 2.23. The Morgan fingerprint density at radius 2 is 2.00 bits per heavy atom. The second-order valence-electron chi connectivity index (χ2n) is 3.97. The summed E-state index contributed by atoms with van der Waals surface area (Å²) in [4.78, 5) is 21.3. The molecule has 108 valence electrons. The molecule has 1 aromatic carbocycles. The number of rotatable bonds is 6. The van der Waals surface area contributed by atoms with Gasteiger partial charge in [-0.25, -0.2) is 4.79 Å². The van der Waals surface area contributed by atoms with Gasteiger partial charge in [0, 0.05) is 11.6 Å². The lowest BCUT2D eigenvalue weighted by Crippen LogP contribution is -2.33. The predicted molar refractivity (Wildman–Crippen MR) is 69.8 cm³/mol. The van der Waals surface area contributed by atoms with Crippen LogP contribution in [0, 0.1) is 0 Å². The van der Waals surface area contributed by atoms with Gasteiger partial charge in [-0.15, -0.1) is 0 Å². The van der Waals surface area contributed by atoms with Crippen LogP contribution in [0.3, 0.4) is 0 Å². The Labute approximate surface area is 114 Å². The van der Waals surface area contributed by atoms with E-state index in [2.05, 4.69) is 0 Å². The fraction of sp³-hybridized carbons (Fsp3) is 0.231. The average Bonchev–Trinajstić information content (AvgIpc) is 2.42. The first-order valence-corrected chi connectivity index (χ1v) is 5.61. The molecule has 0 spiro atoms. The summed E-state index contributed by atoms with van der Waals surface area (Å²) in [5.74, 6) is -1.82. The molecule has 1 amide bonds. The summed E-state index contributed by atoms with van der Waals surface area (Å²) in [7, 11) is 1.40. The van der Waals surface area contributed by atoms with Crippen LogP contribution < -0.4 is 10.5 Å². The Morgan fingerprint density at radius 1 is 1.35 bits per heavy atom. The van der Waals surface area contributed by atoms with Crippen molar-refractivity contribution in [3.05, 3.63) is 35.4 Å². The smallest absolute Gasteiger partial charge is 0.328 e. The standard InChI is InChI=1S/C13H15NO6/c1-20-9-4-2-8(11(17)12(18)13(14)19)6-7(9)3-5-10(15)16/h2-6,11-12,17-18H,1H3,(H2,14,19)(H,15,16)/b5-3+. The number of carbonyl (C=O) groups excluding carboxylic acids is 1. The molecule has 0 saturated carbocycles. The van der Waals surface area contributed by atoms with Crippen molar-refractivity contribution in [2.75, 3.05) is 7.11 Å². The zero-order valence-corrected chi connectivity index (χ0v) is 10.7. The number of primary amides is 1. The first-order chi connectivity index (χ1) is 9.36. The number of methoxy groups -OCH3 is 1. The molecule has 1 aromatic rings. The van der Waals surface area contributed by atoms with Crippen molar-refractivity contribution in [3.63, 3.8) is 0 Å². The number of aliphatic hydroxyl groups is 2. The Hall–Kier alpha value is -2.38. The number of hydrogen-bond acceptors (Lipinski definition) is 5. The lowest BCUT2D eigenvalue weighted by atomic mass is 10.0. The van der Waals surface area contributed by atoms with Crippen molar-refractivity contribution < 1.29 is 29.6 Å². The van der Waals surface area contributed by atoms with E-state index < -0.39 is 24.1 Å². The second-order valence-corrected chi connectivity index (χ2v) is 3.97. The summed E-state index contributed by atoms with van der Waals surface area (Å²) in [5.41, 5.74) is 5.49. The van der Waals surface area contributed by atoms with Gasteiger partial charge < -0.3 is 25.8 Å². The van der Waals surface area contributed by atoms with Crippen LogP contribution in [0.15, 0.2) is 24.3 Å². The molecule has 7 nitrogen and oxygen atoms in total. The molecule has 2 atom stereocenters. The molecule has 2 unspecified atom stereocenters. The van der Waals surface area contributed by atoms with E-state index >= 15 is 0 Å². The van der Waals surface area contributed by atoms with E-state index in [0.29, 0.717) is 11.3 Å². The summed E-state index contributed by atoms with van der Waals surface area (Å²) >= 11 is 0. The molecule has 0 bridgehead atoms. The third kappa shape index (κ3) is 3.81. The zero-order valence-electron chi connectivity index (χ0n) is 10.7. The third-order valence-corrected chi connectivity index (χ3v) is 2.59.